The summed E-state index contributed by atoms with van der Waals surface area (Å²) in [5.41, 5.74) is 2.04. The molecular formula is C17H17ClN2OS. The molecule has 0 saturated carbocycles. The summed E-state index contributed by atoms with van der Waals surface area (Å²) < 4.78 is 0. The van der Waals surface area contributed by atoms with Crippen LogP contribution >= 0.6 is 22.9 Å². The van der Waals surface area contributed by atoms with E-state index in [0.29, 0.717) is 5.02 Å². The van der Waals surface area contributed by atoms with Crippen molar-refractivity contribution < 1.29 is 4.79 Å². The first-order chi connectivity index (χ1) is 10.6. The van der Waals surface area contributed by atoms with Crippen LogP contribution in [0.3, 0.4) is 0 Å². The van der Waals surface area contributed by atoms with Crippen LogP contribution in [0.25, 0.3) is 0 Å². The van der Waals surface area contributed by atoms with Crippen LogP contribution in [0.2, 0.25) is 5.02 Å². The van der Waals surface area contributed by atoms with Crippen molar-refractivity contribution in [1.82, 2.24) is 5.01 Å². The molecular weight excluding hydrogens is 316 g/mol. The summed E-state index contributed by atoms with van der Waals surface area (Å²) in [5, 5.41) is 8.98. The summed E-state index contributed by atoms with van der Waals surface area (Å²) in [6, 6.07) is 11.7. The zero-order chi connectivity index (χ0) is 15.7. The fourth-order valence-corrected chi connectivity index (χ4v) is 3.36. The van der Waals surface area contributed by atoms with Crippen LogP contribution in [0.5, 0.6) is 0 Å². The zero-order valence-corrected chi connectivity index (χ0v) is 14.1. The number of hydrazone groups is 1. The van der Waals surface area contributed by atoms with Gasteiger partial charge in [0.25, 0.3) is 0 Å². The number of rotatable bonds is 3. The highest BCUT2D eigenvalue weighted by molar-refractivity contribution is 7.12. The maximum atomic E-state index is 12.5. The Morgan fingerprint density at radius 1 is 1.32 bits per heavy atom. The van der Waals surface area contributed by atoms with Crippen LogP contribution in [-0.2, 0) is 4.79 Å². The van der Waals surface area contributed by atoms with Crippen LogP contribution in [0.1, 0.15) is 36.8 Å². The number of carbonyl (C=O) groups excluding carboxylic acids is 1. The Morgan fingerprint density at radius 3 is 2.64 bits per heavy atom. The Balaban J connectivity index is 1.95. The summed E-state index contributed by atoms with van der Waals surface area (Å²) in [4.78, 5) is 13.6. The van der Waals surface area contributed by atoms with E-state index >= 15 is 0 Å². The summed E-state index contributed by atoms with van der Waals surface area (Å²) >= 11 is 7.62. The molecule has 2 aromatic rings. The first-order valence-corrected chi connectivity index (χ1v) is 8.52. The van der Waals surface area contributed by atoms with E-state index in [9.17, 15) is 4.79 Å². The average Bonchev–Trinajstić information content (AvgIpc) is 3.16. The van der Waals surface area contributed by atoms with Gasteiger partial charge < -0.3 is 0 Å². The Hall–Kier alpha value is -1.65. The quantitative estimate of drug-likeness (QED) is 0.799. The Kier molecular flexibility index (Phi) is 4.32. The minimum atomic E-state index is -0.0822. The minimum Gasteiger partial charge on any atom is -0.273 e. The lowest BCUT2D eigenvalue weighted by molar-refractivity contribution is -0.136. The normalized spacial score (nSPS) is 17.9. The van der Waals surface area contributed by atoms with Gasteiger partial charge in [-0.3, -0.25) is 4.79 Å². The number of benzene rings is 1. The van der Waals surface area contributed by atoms with Crippen molar-refractivity contribution in [3.8, 4) is 0 Å². The van der Waals surface area contributed by atoms with E-state index in [-0.39, 0.29) is 17.9 Å². The van der Waals surface area contributed by atoms with Gasteiger partial charge in [-0.15, -0.1) is 11.3 Å². The van der Waals surface area contributed by atoms with Crippen molar-refractivity contribution >= 4 is 34.6 Å². The molecule has 3 rings (SSSR count). The molecule has 1 aliphatic heterocycles. The molecule has 1 amide bonds. The van der Waals surface area contributed by atoms with Crippen molar-refractivity contribution in [1.29, 1.82) is 0 Å². The Bertz CT molecular complexity index is 692. The molecule has 114 valence electrons. The third kappa shape index (κ3) is 2.94. The van der Waals surface area contributed by atoms with Gasteiger partial charge in [-0.25, -0.2) is 5.01 Å². The van der Waals surface area contributed by atoms with E-state index in [0.717, 1.165) is 22.6 Å². The van der Waals surface area contributed by atoms with Crippen molar-refractivity contribution in [2.75, 3.05) is 0 Å². The van der Waals surface area contributed by atoms with E-state index < -0.39 is 0 Å². The molecule has 0 radical (unpaired) electrons. The monoisotopic (exact) mass is 332 g/mol. The fourth-order valence-electron chi connectivity index (χ4n) is 2.51. The van der Waals surface area contributed by atoms with E-state index in [1.807, 2.05) is 55.6 Å². The third-order valence-electron chi connectivity index (χ3n) is 3.69. The highest BCUT2D eigenvalue weighted by Gasteiger charge is 2.34. The maximum Gasteiger partial charge on any atom is 0.245 e. The number of hydrogen-bond acceptors (Lipinski definition) is 3. The van der Waals surface area contributed by atoms with Gasteiger partial charge >= 0.3 is 0 Å². The fraction of sp³-hybridized carbons (Fsp3) is 0.294. The SMILES string of the molecule is CC(C)C(=O)N1N=C(c2cccs2)CC1c1ccc(Cl)cc1. The van der Waals surface area contributed by atoms with E-state index in [1.165, 1.54) is 0 Å². The number of carbonyl (C=O) groups is 1. The molecule has 1 unspecified atom stereocenters. The molecule has 1 atom stereocenters. The highest BCUT2D eigenvalue weighted by Crippen LogP contribution is 2.35. The minimum absolute atomic E-state index is 0.0477. The Morgan fingerprint density at radius 2 is 2.05 bits per heavy atom. The van der Waals surface area contributed by atoms with Crippen LogP contribution in [0.15, 0.2) is 46.9 Å². The van der Waals surface area contributed by atoms with Crippen LogP contribution < -0.4 is 0 Å². The molecule has 1 aromatic heterocycles. The number of hydrogen-bond donors (Lipinski definition) is 0. The summed E-state index contributed by atoms with van der Waals surface area (Å²) in [5.74, 6) is -0.0345. The zero-order valence-electron chi connectivity index (χ0n) is 12.5. The average molecular weight is 333 g/mol. The second kappa shape index (κ2) is 6.23. The molecule has 0 bridgehead atoms. The van der Waals surface area contributed by atoms with Crippen LogP contribution in [-0.4, -0.2) is 16.6 Å². The summed E-state index contributed by atoms with van der Waals surface area (Å²) in [7, 11) is 0. The summed E-state index contributed by atoms with van der Waals surface area (Å²) in [6.07, 6.45) is 0.737. The molecule has 3 nitrogen and oxygen atoms in total. The van der Waals surface area contributed by atoms with Gasteiger partial charge in [0, 0.05) is 17.4 Å². The topological polar surface area (TPSA) is 32.7 Å². The lowest BCUT2D eigenvalue weighted by Gasteiger charge is -2.23. The molecule has 1 aliphatic rings. The van der Waals surface area contributed by atoms with Crippen molar-refractivity contribution in [3.63, 3.8) is 0 Å². The lowest BCUT2D eigenvalue weighted by atomic mass is 10.0. The Labute approximate surface area is 139 Å². The van der Waals surface area contributed by atoms with E-state index in [1.54, 1.807) is 16.3 Å². The van der Waals surface area contributed by atoms with Gasteiger partial charge in [0.1, 0.15) is 0 Å². The number of halogens is 1. The number of amides is 1. The van der Waals surface area contributed by atoms with E-state index in [2.05, 4.69) is 5.10 Å². The standard InChI is InChI=1S/C17H17ClN2OS/c1-11(2)17(21)20-15(12-5-7-13(18)8-6-12)10-14(19-20)16-4-3-9-22-16/h3-9,11,15H,10H2,1-2H3. The van der Waals surface area contributed by atoms with Gasteiger partial charge in [0.2, 0.25) is 5.91 Å². The number of nitrogens with zero attached hydrogens (tertiary/aromatic N) is 2. The van der Waals surface area contributed by atoms with Crippen molar-refractivity contribution in [2.45, 2.75) is 26.3 Å². The molecule has 5 heteroatoms. The number of thiophene rings is 1. The van der Waals surface area contributed by atoms with Gasteiger partial charge in [-0.2, -0.15) is 5.10 Å². The smallest absolute Gasteiger partial charge is 0.245 e. The van der Waals surface area contributed by atoms with Gasteiger partial charge in [-0.1, -0.05) is 43.6 Å². The second-order valence-electron chi connectivity index (χ2n) is 5.63. The largest absolute Gasteiger partial charge is 0.273 e. The molecule has 0 spiro atoms. The molecule has 1 aromatic carbocycles. The van der Waals surface area contributed by atoms with Crippen LogP contribution in [0.4, 0.5) is 0 Å². The summed E-state index contributed by atoms with van der Waals surface area (Å²) in [6.45, 7) is 3.81. The molecule has 22 heavy (non-hydrogen) atoms. The maximum absolute atomic E-state index is 12.5. The van der Waals surface area contributed by atoms with Gasteiger partial charge in [0.05, 0.1) is 16.6 Å². The highest BCUT2D eigenvalue weighted by atomic mass is 35.5. The van der Waals surface area contributed by atoms with Gasteiger partial charge in [-0.05, 0) is 29.1 Å². The second-order valence-corrected chi connectivity index (χ2v) is 7.02. The van der Waals surface area contributed by atoms with Crippen molar-refractivity contribution in [3.05, 3.63) is 57.2 Å². The van der Waals surface area contributed by atoms with E-state index in [4.69, 9.17) is 11.6 Å². The predicted molar refractivity (Wildman–Crippen MR) is 91.4 cm³/mol. The van der Waals surface area contributed by atoms with Crippen LogP contribution in [0, 0.1) is 5.92 Å². The van der Waals surface area contributed by atoms with Crippen molar-refractivity contribution in [2.24, 2.45) is 11.0 Å². The van der Waals surface area contributed by atoms with Gasteiger partial charge in [0.15, 0.2) is 0 Å². The molecule has 0 aliphatic carbocycles. The first kappa shape index (κ1) is 15.3. The molecule has 2 heterocycles. The first-order valence-electron chi connectivity index (χ1n) is 7.26. The predicted octanol–water partition coefficient (Wildman–Crippen LogP) is 4.74. The molecule has 0 N–H and O–H groups in total. The lowest BCUT2D eigenvalue weighted by Crippen LogP contribution is -2.30. The molecule has 0 fully saturated rings. The third-order valence-corrected chi connectivity index (χ3v) is 4.86. The molecule has 0 saturated heterocycles.